The second-order valence-corrected chi connectivity index (χ2v) is 6.25. The Labute approximate surface area is 150 Å². The molecule has 0 aromatic carbocycles. The minimum absolute atomic E-state index is 0.0369. The molecule has 0 amide bonds. The van der Waals surface area contributed by atoms with E-state index in [4.69, 9.17) is 9.47 Å². The Morgan fingerprint density at radius 1 is 1.42 bits per heavy atom. The molecule has 0 saturated carbocycles. The van der Waals surface area contributed by atoms with Gasteiger partial charge in [0, 0.05) is 37.4 Å². The lowest BCUT2D eigenvalue weighted by Gasteiger charge is -2.14. The SMILES string of the molecule is CC(C)OC(=O)C1=C(NN(C)C)O/C(=C\c2c[nH]c3ncccc23)C1=O. The molecule has 0 aliphatic carbocycles. The number of pyridine rings is 1. The van der Waals surface area contributed by atoms with Gasteiger partial charge in [0.05, 0.1) is 6.10 Å². The molecule has 3 rings (SSSR count). The van der Waals surface area contributed by atoms with Crippen LogP contribution in [0.15, 0.2) is 41.7 Å². The van der Waals surface area contributed by atoms with Gasteiger partial charge in [-0.3, -0.25) is 10.2 Å². The molecule has 8 nitrogen and oxygen atoms in total. The number of carbonyl (C=O) groups excluding carboxylic acids is 2. The Kier molecular flexibility index (Phi) is 4.77. The van der Waals surface area contributed by atoms with Crippen molar-refractivity contribution in [3.63, 3.8) is 0 Å². The Morgan fingerprint density at radius 2 is 2.19 bits per heavy atom. The van der Waals surface area contributed by atoms with Crippen molar-refractivity contribution < 1.29 is 19.1 Å². The van der Waals surface area contributed by atoms with E-state index in [-0.39, 0.29) is 23.3 Å². The molecule has 2 aromatic rings. The first-order valence-corrected chi connectivity index (χ1v) is 8.12. The number of nitrogens with zero attached hydrogens (tertiary/aromatic N) is 2. The lowest BCUT2D eigenvalue weighted by atomic mass is 10.1. The first-order chi connectivity index (χ1) is 12.4. The molecule has 8 heteroatoms. The number of H-pyrrole nitrogens is 1. The molecule has 2 N–H and O–H groups in total. The fourth-order valence-corrected chi connectivity index (χ4v) is 2.51. The zero-order chi connectivity index (χ0) is 18.8. The van der Waals surface area contributed by atoms with E-state index in [1.54, 1.807) is 57.5 Å². The summed E-state index contributed by atoms with van der Waals surface area (Å²) in [4.78, 5) is 32.3. The number of carbonyl (C=O) groups is 2. The van der Waals surface area contributed by atoms with E-state index in [9.17, 15) is 9.59 Å². The summed E-state index contributed by atoms with van der Waals surface area (Å²) in [5, 5.41) is 2.42. The minimum atomic E-state index is -0.724. The van der Waals surface area contributed by atoms with Crippen LogP contribution in [0.5, 0.6) is 0 Å². The van der Waals surface area contributed by atoms with Crippen LogP contribution < -0.4 is 5.43 Å². The maximum absolute atomic E-state index is 12.7. The van der Waals surface area contributed by atoms with Crippen LogP contribution in [0.3, 0.4) is 0 Å². The van der Waals surface area contributed by atoms with Gasteiger partial charge < -0.3 is 14.5 Å². The average molecular weight is 356 g/mol. The summed E-state index contributed by atoms with van der Waals surface area (Å²) in [7, 11) is 3.44. The van der Waals surface area contributed by atoms with E-state index in [0.29, 0.717) is 5.65 Å². The maximum Gasteiger partial charge on any atom is 0.348 e. The second kappa shape index (κ2) is 7.01. The fraction of sp³-hybridized carbons (Fsp3) is 0.278. The molecule has 0 bridgehead atoms. The van der Waals surface area contributed by atoms with Gasteiger partial charge in [0.15, 0.2) is 11.3 Å². The molecule has 0 atom stereocenters. The van der Waals surface area contributed by atoms with Gasteiger partial charge in [0.1, 0.15) is 5.65 Å². The summed E-state index contributed by atoms with van der Waals surface area (Å²) in [6, 6.07) is 3.68. The van der Waals surface area contributed by atoms with Gasteiger partial charge in [-0.1, -0.05) is 0 Å². The summed E-state index contributed by atoms with van der Waals surface area (Å²) < 4.78 is 10.8. The number of ketones is 1. The number of hydrogen-bond donors (Lipinski definition) is 2. The zero-order valence-corrected chi connectivity index (χ0v) is 15.0. The first kappa shape index (κ1) is 17.7. The van der Waals surface area contributed by atoms with Crippen LogP contribution in [0.2, 0.25) is 0 Å². The van der Waals surface area contributed by atoms with Gasteiger partial charge in [0.25, 0.3) is 0 Å². The summed E-state index contributed by atoms with van der Waals surface area (Å²) in [6.45, 7) is 3.43. The number of aromatic amines is 1. The number of fused-ring (bicyclic) bond motifs is 1. The molecule has 26 heavy (non-hydrogen) atoms. The quantitative estimate of drug-likeness (QED) is 0.364. The van der Waals surface area contributed by atoms with Gasteiger partial charge in [-0.25, -0.2) is 14.8 Å². The molecule has 1 aliphatic heterocycles. The average Bonchev–Trinajstić information content (AvgIpc) is 3.09. The van der Waals surface area contributed by atoms with E-state index in [1.807, 2.05) is 6.07 Å². The van der Waals surface area contributed by atoms with E-state index < -0.39 is 11.8 Å². The second-order valence-electron chi connectivity index (χ2n) is 6.25. The van der Waals surface area contributed by atoms with Crippen LogP contribution in [0.25, 0.3) is 17.1 Å². The Bertz CT molecular complexity index is 924. The van der Waals surface area contributed by atoms with Crippen LogP contribution in [0.1, 0.15) is 19.4 Å². The normalized spacial score (nSPS) is 16.1. The van der Waals surface area contributed by atoms with E-state index in [1.165, 1.54) is 0 Å². The van der Waals surface area contributed by atoms with Gasteiger partial charge in [0.2, 0.25) is 11.7 Å². The Hall–Kier alpha value is -3.13. The third-order valence-corrected chi connectivity index (χ3v) is 3.53. The van der Waals surface area contributed by atoms with Crippen LogP contribution >= 0.6 is 0 Å². The van der Waals surface area contributed by atoms with E-state index in [0.717, 1.165) is 10.9 Å². The van der Waals surface area contributed by atoms with Crippen molar-refractivity contribution in [3.8, 4) is 0 Å². The topological polar surface area (TPSA) is 96.6 Å². The van der Waals surface area contributed by atoms with Gasteiger partial charge >= 0.3 is 5.97 Å². The zero-order valence-electron chi connectivity index (χ0n) is 15.0. The lowest BCUT2D eigenvalue weighted by Crippen LogP contribution is -2.31. The third kappa shape index (κ3) is 3.45. The van der Waals surface area contributed by atoms with Crippen LogP contribution in [-0.2, 0) is 19.1 Å². The molecule has 1 aliphatic rings. The number of nitrogens with one attached hydrogen (secondary N) is 2. The predicted octanol–water partition coefficient (Wildman–Crippen LogP) is 1.73. The summed E-state index contributed by atoms with van der Waals surface area (Å²) in [6.07, 6.45) is 4.63. The molecule has 3 heterocycles. The molecule has 0 saturated heterocycles. The van der Waals surface area contributed by atoms with Crippen LogP contribution in [0, 0.1) is 0 Å². The highest BCUT2D eigenvalue weighted by atomic mass is 16.6. The van der Waals surface area contributed by atoms with Crippen LogP contribution in [0.4, 0.5) is 0 Å². The number of hydrazine groups is 1. The maximum atomic E-state index is 12.7. The van der Waals surface area contributed by atoms with Crippen molar-refractivity contribution in [2.24, 2.45) is 0 Å². The number of rotatable bonds is 5. The molecular weight excluding hydrogens is 336 g/mol. The lowest BCUT2D eigenvalue weighted by molar-refractivity contribution is -0.143. The molecule has 0 spiro atoms. The highest BCUT2D eigenvalue weighted by molar-refractivity contribution is 6.26. The van der Waals surface area contributed by atoms with Crippen LogP contribution in [-0.4, -0.2) is 46.9 Å². The van der Waals surface area contributed by atoms with Crippen molar-refractivity contribution >= 4 is 28.9 Å². The Balaban J connectivity index is 1.96. The fourth-order valence-electron chi connectivity index (χ4n) is 2.51. The predicted molar refractivity (Wildman–Crippen MR) is 95.2 cm³/mol. The number of aromatic nitrogens is 2. The Morgan fingerprint density at radius 3 is 2.88 bits per heavy atom. The number of allylic oxidation sites excluding steroid dienone is 1. The number of Topliss-reactive ketones (excluding diaryl/α,β-unsaturated/α-hetero) is 1. The largest absolute Gasteiger partial charge is 0.459 e. The molecule has 136 valence electrons. The minimum Gasteiger partial charge on any atom is -0.459 e. The summed E-state index contributed by atoms with van der Waals surface area (Å²) in [5.41, 5.74) is 4.11. The molecule has 0 radical (unpaired) electrons. The highest BCUT2D eigenvalue weighted by Gasteiger charge is 2.37. The van der Waals surface area contributed by atoms with Crippen molar-refractivity contribution in [1.29, 1.82) is 0 Å². The number of hydrogen-bond acceptors (Lipinski definition) is 7. The molecule has 0 unspecified atom stereocenters. The van der Waals surface area contributed by atoms with E-state index in [2.05, 4.69) is 15.4 Å². The van der Waals surface area contributed by atoms with E-state index >= 15 is 0 Å². The molecule has 0 fully saturated rings. The summed E-state index contributed by atoms with van der Waals surface area (Å²) >= 11 is 0. The first-order valence-electron chi connectivity index (χ1n) is 8.12. The summed E-state index contributed by atoms with van der Waals surface area (Å²) in [5.74, 6) is -1.17. The smallest absolute Gasteiger partial charge is 0.348 e. The molecular formula is C18H20N4O4. The van der Waals surface area contributed by atoms with Gasteiger partial charge in [-0.2, -0.15) is 0 Å². The van der Waals surface area contributed by atoms with Crippen molar-refractivity contribution in [2.75, 3.05) is 14.1 Å². The van der Waals surface area contributed by atoms with Crippen molar-refractivity contribution in [3.05, 3.63) is 47.3 Å². The third-order valence-electron chi connectivity index (χ3n) is 3.53. The number of ether oxygens (including phenoxy) is 2. The monoisotopic (exact) mass is 356 g/mol. The number of esters is 1. The molecule has 2 aromatic heterocycles. The highest BCUT2D eigenvalue weighted by Crippen LogP contribution is 2.28. The standard InChI is InChI=1S/C18H20N4O4/c1-10(2)25-18(24)14-15(23)13(26-17(14)21-22(3)4)8-11-9-20-16-12(11)6-5-7-19-16/h5-10,21H,1-4H3,(H,19,20)/b13-8-. The van der Waals surface area contributed by atoms with Gasteiger partial charge in [-0.05, 0) is 32.1 Å². The van der Waals surface area contributed by atoms with Crippen molar-refractivity contribution in [2.45, 2.75) is 20.0 Å². The van der Waals surface area contributed by atoms with Crippen molar-refractivity contribution in [1.82, 2.24) is 20.4 Å². The van der Waals surface area contributed by atoms with Gasteiger partial charge in [-0.15, -0.1) is 0 Å².